The summed E-state index contributed by atoms with van der Waals surface area (Å²) >= 11 is 0. The van der Waals surface area contributed by atoms with Crippen LogP contribution >= 0.6 is 0 Å². The molecule has 0 aliphatic carbocycles. The molecular weight excluding hydrogens is 268 g/mol. The Labute approximate surface area is 132 Å². The number of imidazole rings is 1. The van der Waals surface area contributed by atoms with Crippen molar-refractivity contribution in [2.45, 2.75) is 46.1 Å². The highest BCUT2D eigenvalue weighted by atomic mass is 15.1. The summed E-state index contributed by atoms with van der Waals surface area (Å²) in [5.41, 5.74) is 5.30. The highest BCUT2D eigenvalue weighted by Crippen LogP contribution is 2.22. The molecular formula is C20H24N2. The predicted molar refractivity (Wildman–Crippen MR) is 93.3 cm³/mol. The van der Waals surface area contributed by atoms with Crippen molar-refractivity contribution >= 4 is 11.0 Å². The van der Waals surface area contributed by atoms with Gasteiger partial charge in [0.25, 0.3) is 0 Å². The first-order valence-electron chi connectivity index (χ1n) is 7.96. The van der Waals surface area contributed by atoms with Crippen LogP contribution in [-0.2, 0) is 18.4 Å². The van der Waals surface area contributed by atoms with Crippen molar-refractivity contribution in [2.24, 2.45) is 0 Å². The number of nitrogens with zero attached hydrogens (tertiary/aromatic N) is 2. The van der Waals surface area contributed by atoms with Crippen LogP contribution in [0.25, 0.3) is 11.0 Å². The van der Waals surface area contributed by atoms with Crippen molar-refractivity contribution in [1.29, 1.82) is 0 Å². The Morgan fingerprint density at radius 2 is 1.64 bits per heavy atom. The van der Waals surface area contributed by atoms with Crippen LogP contribution in [0, 0.1) is 6.92 Å². The van der Waals surface area contributed by atoms with Gasteiger partial charge in [-0.3, -0.25) is 0 Å². The zero-order valence-electron chi connectivity index (χ0n) is 13.9. The Hall–Kier alpha value is -2.09. The third-order valence-electron chi connectivity index (χ3n) is 4.29. The highest BCUT2D eigenvalue weighted by Gasteiger charge is 2.13. The second-order valence-corrected chi connectivity index (χ2v) is 7.00. The van der Waals surface area contributed by atoms with Crippen LogP contribution in [0.3, 0.4) is 0 Å². The van der Waals surface area contributed by atoms with Crippen molar-refractivity contribution in [3.8, 4) is 0 Å². The predicted octanol–water partition coefficient (Wildman–Crippen LogP) is 4.88. The van der Waals surface area contributed by atoms with E-state index in [1.54, 1.807) is 0 Å². The average Bonchev–Trinajstić information content (AvgIpc) is 2.80. The van der Waals surface area contributed by atoms with Crippen molar-refractivity contribution in [3.05, 3.63) is 65.5 Å². The van der Waals surface area contributed by atoms with Crippen LogP contribution in [0.15, 0.2) is 48.5 Å². The fourth-order valence-corrected chi connectivity index (χ4v) is 2.89. The zero-order chi connectivity index (χ0) is 15.7. The summed E-state index contributed by atoms with van der Waals surface area (Å²) in [4.78, 5) is 4.63. The minimum absolute atomic E-state index is 0.218. The lowest BCUT2D eigenvalue weighted by molar-refractivity contribution is 0.589. The molecule has 2 heteroatoms. The third-order valence-corrected chi connectivity index (χ3v) is 4.29. The molecule has 0 amide bonds. The van der Waals surface area contributed by atoms with Gasteiger partial charge < -0.3 is 4.57 Å². The number of aromatic nitrogens is 2. The van der Waals surface area contributed by atoms with E-state index in [1.807, 2.05) is 6.07 Å². The van der Waals surface area contributed by atoms with E-state index in [2.05, 4.69) is 79.7 Å². The van der Waals surface area contributed by atoms with Crippen LogP contribution in [0.4, 0.5) is 0 Å². The molecule has 1 heterocycles. The highest BCUT2D eigenvalue weighted by molar-refractivity contribution is 5.75. The van der Waals surface area contributed by atoms with Crippen LogP contribution in [0.5, 0.6) is 0 Å². The van der Waals surface area contributed by atoms with Crippen LogP contribution < -0.4 is 0 Å². The van der Waals surface area contributed by atoms with Gasteiger partial charge in [-0.05, 0) is 42.0 Å². The van der Waals surface area contributed by atoms with E-state index in [0.29, 0.717) is 0 Å². The molecule has 1 aromatic heterocycles. The smallest absolute Gasteiger partial charge is 0.106 e. The summed E-state index contributed by atoms with van der Waals surface area (Å²) in [6, 6.07) is 17.4. The van der Waals surface area contributed by atoms with Crippen molar-refractivity contribution in [2.75, 3.05) is 0 Å². The Balaban J connectivity index is 1.78. The van der Waals surface area contributed by atoms with Gasteiger partial charge in [-0.15, -0.1) is 0 Å². The summed E-state index contributed by atoms with van der Waals surface area (Å²) in [6.45, 7) is 9.82. The normalized spacial score (nSPS) is 12.0. The summed E-state index contributed by atoms with van der Waals surface area (Å²) in [5, 5.41) is 0. The fourth-order valence-electron chi connectivity index (χ4n) is 2.89. The quantitative estimate of drug-likeness (QED) is 0.672. The number of rotatable bonds is 3. The molecule has 0 N–H and O–H groups in total. The van der Waals surface area contributed by atoms with Crippen LogP contribution in [-0.4, -0.2) is 9.55 Å². The molecule has 3 rings (SSSR count). The molecule has 0 fully saturated rings. The summed E-state index contributed by atoms with van der Waals surface area (Å²) in [7, 11) is 0. The third kappa shape index (κ3) is 2.92. The Morgan fingerprint density at radius 1 is 0.955 bits per heavy atom. The number of hydrogen-bond donors (Lipinski definition) is 0. The molecule has 3 aromatic rings. The topological polar surface area (TPSA) is 17.8 Å². The second-order valence-electron chi connectivity index (χ2n) is 7.00. The average molecular weight is 292 g/mol. The Morgan fingerprint density at radius 3 is 2.32 bits per heavy atom. The van der Waals surface area contributed by atoms with E-state index in [9.17, 15) is 0 Å². The van der Waals surface area contributed by atoms with Crippen molar-refractivity contribution in [3.63, 3.8) is 0 Å². The first-order chi connectivity index (χ1) is 10.4. The van der Waals surface area contributed by atoms with Gasteiger partial charge in [0, 0.05) is 6.54 Å². The van der Waals surface area contributed by atoms with Crippen LogP contribution in [0.1, 0.15) is 37.7 Å². The molecule has 2 nitrogen and oxygen atoms in total. The fraction of sp³-hybridized carbons (Fsp3) is 0.350. The number of hydrogen-bond acceptors (Lipinski definition) is 1. The standard InChI is InChI=1S/C20H24N2/c1-15-21-18-7-5-6-8-19(18)22(15)14-13-16-9-11-17(12-10-16)20(2,3)4/h5-12H,13-14H2,1-4H3. The number of fused-ring (bicyclic) bond motifs is 1. The van der Waals surface area contributed by atoms with Gasteiger partial charge in [-0.1, -0.05) is 57.2 Å². The van der Waals surface area contributed by atoms with Gasteiger partial charge >= 0.3 is 0 Å². The molecule has 0 unspecified atom stereocenters. The maximum Gasteiger partial charge on any atom is 0.106 e. The second kappa shape index (κ2) is 5.60. The molecule has 22 heavy (non-hydrogen) atoms. The Bertz CT molecular complexity index is 774. The van der Waals surface area contributed by atoms with E-state index < -0.39 is 0 Å². The minimum atomic E-state index is 0.218. The van der Waals surface area contributed by atoms with Gasteiger partial charge in [-0.25, -0.2) is 4.98 Å². The molecule has 0 spiro atoms. The van der Waals surface area contributed by atoms with Crippen molar-refractivity contribution in [1.82, 2.24) is 9.55 Å². The first kappa shape index (κ1) is 14.8. The maximum absolute atomic E-state index is 4.63. The van der Waals surface area contributed by atoms with Gasteiger partial charge in [-0.2, -0.15) is 0 Å². The SMILES string of the molecule is Cc1nc2ccccc2n1CCc1ccc(C(C)(C)C)cc1. The minimum Gasteiger partial charge on any atom is -0.328 e. The molecule has 0 bridgehead atoms. The lowest BCUT2D eigenvalue weighted by atomic mass is 9.86. The molecule has 0 aliphatic rings. The zero-order valence-corrected chi connectivity index (χ0v) is 13.9. The van der Waals surface area contributed by atoms with Gasteiger partial charge in [0.2, 0.25) is 0 Å². The van der Waals surface area contributed by atoms with Crippen LogP contribution in [0.2, 0.25) is 0 Å². The van der Waals surface area contributed by atoms with Crippen molar-refractivity contribution < 1.29 is 0 Å². The molecule has 0 saturated heterocycles. The molecule has 2 aromatic carbocycles. The summed E-state index contributed by atoms with van der Waals surface area (Å²) < 4.78 is 2.31. The maximum atomic E-state index is 4.63. The summed E-state index contributed by atoms with van der Waals surface area (Å²) in [6.07, 6.45) is 1.03. The van der Waals surface area contributed by atoms with Gasteiger partial charge in [0.1, 0.15) is 5.82 Å². The molecule has 0 aliphatic heterocycles. The number of aryl methyl sites for hydroxylation is 3. The summed E-state index contributed by atoms with van der Waals surface area (Å²) in [5.74, 6) is 1.09. The largest absolute Gasteiger partial charge is 0.328 e. The monoisotopic (exact) mass is 292 g/mol. The first-order valence-corrected chi connectivity index (χ1v) is 7.96. The van der Waals surface area contributed by atoms with E-state index in [1.165, 1.54) is 16.6 Å². The number of para-hydroxylation sites is 2. The van der Waals surface area contributed by atoms with E-state index in [4.69, 9.17) is 0 Å². The lowest BCUT2D eigenvalue weighted by Crippen LogP contribution is -2.11. The van der Waals surface area contributed by atoms with E-state index >= 15 is 0 Å². The number of benzene rings is 2. The molecule has 114 valence electrons. The van der Waals surface area contributed by atoms with E-state index in [0.717, 1.165) is 24.3 Å². The Kier molecular flexibility index (Phi) is 3.78. The molecule has 0 radical (unpaired) electrons. The molecule has 0 atom stereocenters. The van der Waals surface area contributed by atoms with Gasteiger partial charge in [0.15, 0.2) is 0 Å². The van der Waals surface area contributed by atoms with Gasteiger partial charge in [0.05, 0.1) is 11.0 Å². The molecule has 0 saturated carbocycles. The lowest BCUT2D eigenvalue weighted by Gasteiger charge is -2.19. The van der Waals surface area contributed by atoms with E-state index in [-0.39, 0.29) is 5.41 Å².